The highest BCUT2D eigenvalue weighted by molar-refractivity contribution is 4.58. The Hall–Kier alpha value is -0.200. The molecule has 0 bridgehead atoms. The number of rotatable bonds is 13. The summed E-state index contributed by atoms with van der Waals surface area (Å²) in [4.78, 5) is 2.18. The number of nitrogens with zero attached hydrogens (tertiary/aromatic N) is 1. The van der Waals surface area contributed by atoms with Gasteiger partial charge in [0.15, 0.2) is 0 Å². The van der Waals surface area contributed by atoms with Gasteiger partial charge in [0.2, 0.25) is 0 Å². The van der Waals surface area contributed by atoms with E-state index in [-0.39, 0.29) is 0 Å². The molecule has 0 amide bonds. The fourth-order valence-electron chi connectivity index (χ4n) is 1.49. The predicted molar refractivity (Wildman–Crippen MR) is 74.0 cm³/mol. The molecule has 0 aromatic rings. The largest absolute Gasteiger partial charge is 0.389 e. The number of hydrogen-bond donors (Lipinski definition) is 2. The first-order chi connectivity index (χ1) is 8.66. The molecule has 0 radical (unpaired) electrons. The molecule has 0 saturated heterocycles. The van der Waals surface area contributed by atoms with Gasteiger partial charge in [0.05, 0.1) is 25.9 Å². The fourth-order valence-corrected chi connectivity index (χ4v) is 1.49. The molecule has 0 aliphatic heterocycles. The quantitative estimate of drug-likeness (QED) is 0.469. The molecule has 0 aliphatic rings. The van der Waals surface area contributed by atoms with E-state index in [1.165, 1.54) is 6.42 Å². The molecule has 5 nitrogen and oxygen atoms in total. The first-order valence-corrected chi connectivity index (χ1v) is 6.85. The Kier molecular flexibility index (Phi) is 13.1. The lowest BCUT2D eigenvalue weighted by Crippen LogP contribution is -2.31. The van der Waals surface area contributed by atoms with Gasteiger partial charge in [-0.1, -0.05) is 0 Å². The fraction of sp³-hybridized carbons (Fsp3) is 1.00. The van der Waals surface area contributed by atoms with Crippen LogP contribution in [0.15, 0.2) is 0 Å². The summed E-state index contributed by atoms with van der Waals surface area (Å²) in [5.74, 6) is 0. The molecule has 18 heavy (non-hydrogen) atoms. The molecule has 110 valence electrons. The van der Waals surface area contributed by atoms with E-state index in [1.54, 1.807) is 0 Å². The zero-order chi connectivity index (χ0) is 13.6. The number of ether oxygens (including phenoxy) is 2. The minimum atomic E-state index is -0.430. The van der Waals surface area contributed by atoms with Crippen LogP contribution in [0.5, 0.6) is 0 Å². The molecule has 0 rings (SSSR count). The van der Waals surface area contributed by atoms with Gasteiger partial charge in [0, 0.05) is 13.2 Å². The summed E-state index contributed by atoms with van der Waals surface area (Å²) in [7, 11) is 4.16. The van der Waals surface area contributed by atoms with Crippen molar-refractivity contribution in [3.8, 4) is 0 Å². The maximum absolute atomic E-state index is 9.61. The highest BCUT2D eigenvalue weighted by atomic mass is 16.5. The number of nitrogens with one attached hydrogen (secondary N) is 1. The molecule has 0 aliphatic carbocycles. The standard InChI is InChI=1S/C13H30N2O3/c1-4-17-9-10-18-12-13(16)11-14-7-5-6-8-15(2)3/h13-14,16H,4-12H2,1-3H3. The van der Waals surface area contributed by atoms with Gasteiger partial charge in [0.1, 0.15) is 0 Å². The monoisotopic (exact) mass is 262 g/mol. The molecular weight excluding hydrogens is 232 g/mol. The lowest BCUT2D eigenvalue weighted by molar-refractivity contribution is 0.00654. The average molecular weight is 262 g/mol. The molecule has 1 atom stereocenters. The number of unbranched alkanes of at least 4 members (excludes halogenated alkanes) is 1. The van der Waals surface area contributed by atoms with Crippen LogP contribution < -0.4 is 5.32 Å². The molecule has 0 heterocycles. The maximum Gasteiger partial charge on any atom is 0.0897 e. The lowest BCUT2D eigenvalue weighted by Gasteiger charge is -2.13. The van der Waals surface area contributed by atoms with Crippen molar-refractivity contribution in [1.29, 1.82) is 0 Å². The SMILES string of the molecule is CCOCCOCC(O)CNCCCCN(C)C. The summed E-state index contributed by atoms with van der Waals surface area (Å²) in [6.07, 6.45) is 1.89. The molecule has 0 fully saturated rings. The van der Waals surface area contributed by atoms with E-state index in [0.717, 1.165) is 19.5 Å². The Morgan fingerprint density at radius 2 is 1.89 bits per heavy atom. The van der Waals surface area contributed by atoms with Crippen LogP contribution in [0.4, 0.5) is 0 Å². The highest BCUT2D eigenvalue weighted by Crippen LogP contribution is 1.90. The van der Waals surface area contributed by atoms with Crippen molar-refractivity contribution in [2.24, 2.45) is 0 Å². The summed E-state index contributed by atoms with van der Waals surface area (Å²) in [5.41, 5.74) is 0. The molecular formula is C13H30N2O3. The smallest absolute Gasteiger partial charge is 0.0897 e. The number of aliphatic hydroxyl groups excluding tert-OH is 1. The summed E-state index contributed by atoms with van der Waals surface area (Å²) in [6, 6.07) is 0. The van der Waals surface area contributed by atoms with E-state index < -0.39 is 6.10 Å². The third-order valence-corrected chi connectivity index (χ3v) is 2.48. The van der Waals surface area contributed by atoms with Crippen LogP contribution in [0.25, 0.3) is 0 Å². The van der Waals surface area contributed by atoms with Gasteiger partial charge in [-0.25, -0.2) is 0 Å². The van der Waals surface area contributed by atoms with Crippen molar-refractivity contribution in [1.82, 2.24) is 10.2 Å². The van der Waals surface area contributed by atoms with Crippen LogP contribution in [0, 0.1) is 0 Å². The van der Waals surface area contributed by atoms with Gasteiger partial charge in [-0.05, 0) is 47.0 Å². The third kappa shape index (κ3) is 13.9. The second kappa shape index (κ2) is 13.2. The van der Waals surface area contributed by atoms with Crippen molar-refractivity contribution < 1.29 is 14.6 Å². The highest BCUT2D eigenvalue weighted by Gasteiger charge is 2.03. The van der Waals surface area contributed by atoms with E-state index in [9.17, 15) is 5.11 Å². The third-order valence-electron chi connectivity index (χ3n) is 2.48. The molecule has 1 unspecified atom stereocenters. The summed E-state index contributed by atoms with van der Waals surface area (Å²) in [5, 5.41) is 12.8. The Balaban J connectivity index is 3.14. The predicted octanol–water partition coefficient (Wildman–Crippen LogP) is 0.332. The second-order valence-corrected chi connectivity index (χ2v) is 4.64. The summed E-state index contributed by atoms with van der Waals surface area (Å²) in [6.45, 7) is 6.84. The first kappa shape index (κ1) is 17.8. The van der Waals surface area contributed by atoms with E-state index >= 15 is 0 Å². The second-order valence-electron chi connectivity index (χ2n) is 4.64. The molecule has 0 saturated carbocycles. The summed E-state index contributed by atoms with van der Waals surface area (Å²) >= 11 is 0. The molecule has 0 spiro atoms. The molecule has 5 heteroatoms. The maximum atomic E-state index is 9.61. The van der Waals surface area contributed by atoms with E-state index in [1.807, 2.05) is 6.92 Å². The minimum Gasteiger partial charge on any atom is -0.389 e. The lowest BCUT2D eigenvalue weighted by atomic mass is 10.3. The van der Waals surface area contributed by atoms with Crippen molar-refractivity contribution in [3.63, 3.8) is 0 Å². The zero-order valence-electron chi connectivity index (χ0n) is 12.2. The van der Waals surface area contributed by atoms with Gasteiger partial charge >= 0.3 is 0 Å². The minimum absolute atomic E-state index is 0.373. The Morgan fingerprint density at radius 1 is 1.17 bits per heavy atom. The van der Waals surface area contributed by atoms with Gasteiger partial charge in [0.25, 0.3) is 0 Å². The van der Waals surface area contributed by atoms with Crippen LogP contribution in [0.2, 0.25) is 0 Å². The Labute approximate surface area is 111 Å². The van der Waals surface area contributed by atoms with Crippen LogP contribution in [-0.2, 0) is 9.47 Å². The molecule has 0 aromatic carbocycles. The van der Waals surface area contributed by atoms with Crippen molar-refractivity contribution in [3.05, 3.63) is 0 Å². The van der Waals surface area contributed by atoms with Gasteiger partial charge in [-0.3, -0.25) is 0 Å². The Morgan fingerprint density at radius 3 is 2.56 bits per heavy atom. The zero-order valence-corrected chi connectivity index (χ0v) is 12.2. The first-order valence-electron chi connectivity index (χ1n) is 6.85. The van der Waals surface area contributed by atoms with Gasteiger partial charge in [-0.2, -0.15) is 0 Å². The normalized spacial score (nSPS) is 13.2. The van der Waals surface area contributed by atoms with E-state index in [4.69, 9.17) is 9.47 Å². The van der Waals surface area contributed by atoms with Crippen molar-refractivity contribution >= 4 is 0 Å². The average Bonchev–Trinajstić information content (AvgIpc) is 2.33. The van der Waals surface area contributed by atoms with Crippen LogP contribution in [0.3, 0.4) is 0 Å². The Bertz CT molecular complexity index is 168. The van der Waals surface area contributed by atoms with Crippen LogP contribution in [0.1, 0.15) is 19.8 Å². The molecule has 0 aromatic heterocycles. The van der Waals surface area contributed by atoms with E-state index in [2.05, 4.69) is 24.3 Å². The topological polar surface area (TPSA) is 54.0 Å². The van der Waals surface area contributed by atoms with Crippen molar-refractivity contribution in [2.75, 3.05) is 60.2 Å². The molecule has 2 N–H and O–H groups in total. The number of aliphatic hydroxyl groups is 1. The van der Waals surface area contributed by atoms with Crippen LogP contribution >= 0.6 is 0 Å². The summed E-state index contributed by atoms with van der Waals surface area (Å²) < 4.78 is 10.4. The van der Waals surface area contributed by atoms with Gasteiger partial charge < -0.3 is 24.8 Å². The van der Waals surface area contributed by atoms with E-state index in [0.29, 0.717) is 33.0 Å². The van der Waals surface area contributed by atoms with Crippen molar-refractivity contribution in [2.45, 2.75) is 25.9 Å². The number of hydrogen-bond acceptors (Lipinski definition) is 5. The van der Waals surface area contributed by atoms with Gasteiger partial charge in [-0.15, -0.1) is 0 Å². The van der Waals surface area contributed by atoms with Crippen LogP contribution in [-0.4, -0.2) is 76.3 Å².